The first-order valence-electron chi connectivity index (χ1n) is 11.7. The average Bonchev–Trinajstić information content (AvgIpc) is 3.64. The highest BCUT2D eigenvalue weighted by Crippen LogP contribution is 2.40. The second-order valence-electron chi connectivity index (χ2n) is 9.12. The Balaban J connectivity index is 1.41. The first kappa shape index (κ1) is 26.9. The van der Waals surface area contributed by atoms with Crippen LogP contribution in [0.5, 0.6) is 11.5 Å². The van der Waals surface area contributed by atoms with Gasteiger partial charge in [-0.2, -0.15) is 13.2 Å². The standard InChI is InChI=1S/C26H25F3N4O5/c1-14(32-24(37)25(8-9-25)33-23(36)17-7-10-30-22(35)12-17)20-5-4-18(13-31-20)38-21-6-3-16(15(2)34)11-19(21)26(27,28)29/h3-7,10-15,34H,8-9H2,1-2H3,(H,30,35)(H,32,37)(H,33,36)/t14-,15?/m1/s1. The lowest BCUT2D eigenvalue weighted by Crippen LogP contribution is -2.49. The molecular weight excluding hydrogens is 505 g/mol. The second-order valence-corrected chi connectivity index (χ2v) is 9.12. The summed E-state index contributed by atoms with van der Waals surface area (Å²) in [5.74, 6) is -1.36. The molecule has 1 aliphatic carbocycles. The Bertz CT molecular complexity index is 1400. The van der Waals surface area contributed by atoms with Crippen LogP contribution in [0.4, 0.5) is 13.2 Å². The Morgan fingerprint density at radius 3 is 2.45 bits per heavy atom. The number of H-pyrrole nitrogens is 1. The van der Waals surface area contributed by atoms with E-state index in [9.17, 15) is 32.7 Å². The van der Waals surface area contributed by atoms with Crippen molar-refractivity contribution >= 4 is 11.8 Å². The van der Waals surface area contributed by atoms with Crippen LogP contribution >= 0.6 is 0 Å². The van der Waals surface area contributed by atoms with Crippen LogP contribution in [-0.2, 0) is 11.0 Å². The lowest BCUT2D eigenvalue weighted by atomic mass is 10.1. The molecular formula is C26H25F3N4O5. The van der Waals surface area contributed by atoms with Crippen LogP contribution in [0, 0.1) is 0 Å². The third kappa shape index (κ3) is 6.02. The fourth-order valence-electron chi connectivity index (χ4n) is 3.77. The highest BCUT2D eigenvalue weighted by atomic mass is 19.4. The van der Waals surface area contributed by atoms with E-state index in [1.165, 1.54) is 43.6 Å². The van der Waals surface area contributed by atoms with Gasteiger partial charge in [-0.1, -0.05) is 6.07 Å². The first-order chi connectivity index (χ1) is 17.9. The zero-order valence-corrected chi connectivity index (χ0v) is 20.4. The molecule has 3 aromatic rings. The molecule has 12 heteroatoms. The number of carbonyl (C=O) groups excluding carboxylic acids is 2. The number of aliphatic hydroxyl groups is 1. The molecule has 2 aromatic heterocycles. The van der Waals surface area contributed by atoms with E-state index in [0.717, 1.165) is 18.2 Å². The van der Waals surface area contributed by atoms with E-state index >= 15 is 0 Å². The van der Waals surface area contributed by atoms with Crippen molar-refractivity contribution in [2.24, 2.45) is 0 Å². The molecule has 0 saturated heterocycles. The van der Waals surface area contributed by atoms with Gasteiger partial charge < -0.3 is 25.5 Å². The van der Waals surface area contributed by atoms with E-state index in [1.807, 2.05) is 0 Å². The van der Waals surface area contributed by atoms with Crippen molar-refractivity contribution in [1.29, 1.82) is 0 Å². The molecule has 1 unspecified atom stereocenters. The van der Waals surface area contributed by atoms with E-state index < -0.39 is 52.5 Å². The Kier molecular flexibility index (Phi) is 7.27. The van der Waals surface area contributed by atoms with Crippen molar-refractivity contribution in [3.05, 3.63) is 87.6 Å². The summed E-state index contributed by atoms with van der Waals surface area (Å²) in [6.07, 6.45) is -2.34. The highest BCUT2D eigenvalue weighted by molar-refractivity contribution is 6.00. The molecule has 200 valence electrons. The van der Waals surface area contributed by atoms with E-state index in [0.29, 0.717) is 18.5 Å². The van der Waals surface area contributed by atoms with Crippen LogP contribution in [0.15, 0.2) is 59.7 Å². The minimum Gasteiger partial charge on any atom is -0.455 e. The molecule has 1 saturated carbocycles. The highest BCUT2D eigenvalue weighted by Gasteiger charge is 2.51. The van der Waals surface area contributed by atoms with Crippen molar-refractivity contribution in [3.8, 4) is 11.5 Å². The van der Waals surface area contributed by atoms with Gasteiger partial charge in [0.15, 0.2) is 0 Å². The Hall–Kier alpha value is -4.19. The van der Waals surface area contributed by atoms with E-state index in [2.05, 4.69) is 20.6 Å². The lowest BCUT2D eigenvalue weighted by Gasteiger charge is -2.21. The van der Waals surface area contributed by atoms with Crippen LogP contribution in [0.2, 0.25) is 0 Å². The predicted molar refractivity (Wildman–Crippen MR) is 129 cm³/mol. The van der Waals surface area contributed by atoms with Crippen LogP contribution in [0.25, 0.3) is 0 Å². The number of halogens is 3. The van der Waals surface area contributed by atoms with Crippen molar-refractivity contribution in [1.82, 2.24) is 20.6 Å². The number of benzene rings is 1. The van der Waals surface area contributed by atoms with Crippen molar-refractivity contribution in [3.63, 3.8) is 0 Å². The monoisotopic (exact) mass is 530 g/mol. The summed E-state index contributed by atoms with van der Waals surface area (Å²) in [5.41, 5.74) is -1.91. The third-order valence-electron chi connectivity index (χ3n) is 6.14. The first-order valence-corrected chi connectivity index (χ1v) is 11.7. The Morgan fingerprint density at radius 1 is 1.13 bits per heavy atom. The number of nitrogens with zero attached hydrogens (tertiary/aromatic N) is 1. The molecule has 4 rings (SSSR count). The van der Waals surface area contributed by atoms with E-state index in [-0.39, 0.29) is 16.9 Å². The van der Waals surface area contributed by atoms with Crippen LogP contribution in [0.3, 0.4) is 0 Å². The second kappa shape index (κ2) is 10.3. The maximum absolute atomic E-state index is 13.5. The molecule has 9 nitrogen and oxygen atoms in total. The Morgan fingerprint density at radius 2 is 1.87 bits per heavy atom. The number of aromatic nitrogens is 2. The number of hydrogen-bond acceptors (Lipinski definition) is 6. The van der Waals surface area contributed by atoms with Gasteiger partial charge in [0.05, 0.1) is 29.6 Å². The lowest BCUT2D eigenvalue weighted by molar-refractivity contribution is -0.138. The SMILES string of the molecule is CC(O)c1ccc(Oc2ccc([C@@H](C)NC(=O)C3(NC(=O)c4cc[nH]c(=O)c4)CC3)nc2)c(C(F)(F)F)c1. The number of pyridine rings is 2. The molecule has 1 fully saturated rings. The van der Waals surface area contributed by atoms with Gasteiger partial charge in [-0.25, -0.2) is 0 Å². The van der Waals surface area contributed by atoms with E-state index in [4.69, 9.17) is 4.74 Å². The summed E-state index contributed by atoms with van der Waals surface area (Å²) in [6.45, 7) is 3.04. The number of carbonyl (C=O) groups is 2. The number of aromatic amines is 1. The van der Waals surface area contributed by atoms with Gasteiger partial charge in [0, 0.05) is 17.8 Å². The molecule has 1 aromatic carbocycles. The van der Waals surface area contributed by atoms with Gasteiger partial charge in [0.25, 0.3) is 5.91 Å². The Labute approximate surface area is 215 Å². The average molecular weight is 531 g/mol. The maximum Gasteiger partial charge on any atom is 0.419 e. The minimum absolute atomic E-state index is 0.0475. The minimum atomic E-state index is -4.70. The molecule has 0 spiro atoms. The number of hydrogen-bond donors (Lipinski definition) is 4. The van der Waals surface area contributed by atoms with Crippen LogP contribution in [-0.4, -0.2) is 32.4 Å². The largest absolute Gasteiger partial charge is 0.455 e. The number of nitrogens with one attached hydrogen (secondary N) is 3. The van der Waals surface area contributed by atoms with Gasteiger partial charge in [-0.05, 0) is 62.6 Å². The normalized spacial score (nSPS) is 15.7. The summed E-state index contributed by atoms with van der Waals surface area (Å²) >= 11 is 0. The topological polar surface area (TPSA) is 133 Å². The number of alkyl halides is 3. The van der Waals surface area contributed by atoms with Crippen LogP contribution in [0.1, 0.15) is 66.0 Å². The van der Waals surface area contributed by atoms with Gasteiger partial charge in [0.1, 0.15) is 17.0 Å². The molecule has 2 amide bonds. The number of aliphatic hydroxyl groups excluding tert-OH is 1. The molecule has 2 heterocycles. The van der Waals surface area contributed by atoms with Crippen molar-refractivity contribution < 1.29 is 32.6 Å². The fraction of sp³-hybridized carbons (Fsp3) is 0.308. The van der Waals surface area contributed by atoms with Gasteiger partial charge in [-0.15, -0.1) is 0 Å². The molecule has 38 heavy (non-hydrogen) atoms. The molecule has 0 aliphatic heterocycles. The number of amides is 2. The van der Waals surface area contributed by atoms with Gasteiger partial charge in [0.2, 0.25) is 11.5 Å². The molecule has 1 aliphatic rings. The van der Waals surface area contributed by atoms with E-state index in [1.54, 1.807) is 6.92 Å². The predicted octanol–water partition coefficient (Wildman–Crippen LogP) is 3.77. The third-order valence-corrected chi connectivity index (χ3v) is 6.14. The zero-order valence-electron chi connectivity index (χ0n) is 20.4. The smallest absolute Gasteiger partial charge is 0.419 e. The van der Waals surface area contributed by atoms with Crippen molar-refractivity contribution in [2.45, 2.75) is 50.6 Å². The molecule has 4 N–H and O–H groups in total. The quantitative estimate of drug-likeness (QED) is 0.350. The summed E-state index contributed by atoms with van der Waals surface area (Å²) < 4.78 is 46.0. The number of rotatable bonds is 8. The molecule has 2 atom stereocenters. The molecule has 0 bridgehead atoms. The summed E-state index contributed by atoms with van der Waals surface area (Å²) in [5, 5.41) is 15.1. The van der Waals surface area contributed by atoms with Crippen molar-refractivity contribution in [2.75, 3.05) is 0 Å². The summed E-state index contributed by atoms with van der Waals surface area (Å²) in [4.78, 5) is 43.4. The number of ether oxygens (including phenoxy) is 1. The summed E-state index contributed by atoms with van der Waals surface area (Å²) in [7, 11) is 0. The molecule has 0 radical (unpaired) electrons. The maximum atomic E-state index is 13.5. The van der Waals surface area contributed by atoms with Crippen LogP contribution < -0.4 is 20.9 Å². The summed E-state index contributed by atoms with van der Waals surface area (Å²) in [6, 6.07) is 8.23. The van der Waals surface area contributed by atoms with Gasteiger partial charge >= 0.3 is 6.18 Å². The zero-order chi connectivity index (χ0) is 27.7. The van der Waals surface area contributed by atoms with Gasteiger partial charge in [-0.3, -0.25) is 19.4 Å². The fourth-order valence-corrected chi connectivity index (χ4v) is 3.77.